The second-order valence-corrected chi connectivity index (χ2v) is 5.20. The molecule has 2 rings (SSSR count). The first kappa shape index (κ1) is 14.4. The van der Waals surface area contributed by atoms with Crippen LogP contribution in [0.5, 0.6) is 0 Å². The maximum absolute atomic E-state index is 11.2. The predicted octanol–water partition coefficient (Wildman–Crippen LogP) is 1.68. The molecule has 2 heterocycles. The van der Waals surface area contributed by atoms with Gasteiger partial charge in [-0.3, -0.25) is 0 Å². The van der Waals surface area contributed by atoms with Crippen LogP contribution in [0.1, 0.15) is 15.2 Å². The Morgan fingerprint density at radius 3 is 2.90 bits per heavy atom. The smallest absolute Gasteiger partial charge is 0.346 e. The maximum atomic E-state index is 11.2. The van der Waals surface area contributed by atoms with Gasteiger partial charge in [-0.1, -0.05) is 6.08 Å². The number of thiophene rings is 1. The molecule has 6 nitrogen and oxygen atoms in total. The topological polar surface area (TPSA) is 86.5 Å². The summed E-state index contributed by atoms with van der Waals surface area (Å²) in [5.74, 6) is -0.334. The van der Waals surface area contributed by atoms with Gasteiger partial charge >= 0.3 is 5.97 Å². The number of hydrogen-bond acceptors (Lipinski definition) is 6. The summed E-state index contributed by atoms with van der Waals surface area (Å²) in [5.41, 5.74) is 0.653. The van der Waals surface area contributed by atoms with Crippen LogP contribution in [0.15, 0.2) is 19.0 Å². The number of aryl methyl sites for hydroxylation is 1. The Morgan fingerprint density at radius 1 is 1.55 bits per heavy atom. The maximum Gasteiger partial charge on any atom is 0.346 e. The number of carboxylic acid groups (broad SMARTS) is 1. The van der Waals surface area contributed by atoms with E-state index in [0.717, 1.165) is 16.7 Å². The van der Waals surface area contributed by atoms with Crippen LogP contribution in [0.4, 0.5) is 5.82 Å². The van der Waals surface area contributed by atoms with E-state index < -0.39 is 5.97 Å². The van der Waals surface area contributed by atoms with E-state index in [1.807, 2.05) is 4.90 Å². The third kappa shape index (κ3) is 2.50. The molecule has 2 aromatic rings. The number of aliphatic hydroxyl groups is 1. The van der Waals surface area contributed by atoms with Crippen LogP contribution in [-0.4, -0.2) is 45.8 Å². The molecule has 0 aromatic carbocycles. The van der Waals surface area contributed by atoms with Crippen molar-refractivity contribution in [2.75, 3.05) is 24.6 Å². The molecule has 0 unspecified atom stereocenters. The molecule has 7 heteroatoms. The number of fused-ring (bicyclic) bond motifs is 1. The molecule has 106 valence electrons. The molecule has 20 heavy (non-hydrogen) atoms. The summed E-state index contributed by atoms with van der Waals surface area (Å²) in [4.78, 5) is 22.4. The molecule has 0 saturated heterocycles. The standard InChI is InChI=1S/C13H15N3O3S/c1-3-4-16(5-6-17)11-9-8(2)10(13(18)19)20-12(9)15-7-14-11/h3,7,17H,1,4-6H2,2H3,(H,18,19). The van der Waals surface area contributed by atoms with Crippen molar-refractivity contribution in [3.63, 3.8) is 0 Å². The second kappa shape index (κ2) is 5.98. The summed E-state index contributed by atoms with van der Waals surface area (Å²) in [6, 6.07) is 0. The first-order chi connectivity index (χ1) is 9.60. The number of anilines is 1. The van der Waals surface area contributed by atoms with Gasteiger partial charge in [0, 0.05) is 13.1 Å². The van der Waals surface area contributed by atoms with Gasteiger partial charge in [0.1, 0.15) is 21.9 Å². The van der Waals surface area contributed by atoms with Crippen molar-refractivity contribution in [2.24, 2.45) is 0 Å². The Labute approximate surface area is 120 Å². The number of rotatable bonds is 6. The Bertz CT molecular complexity index is 654. The van der Waals surface area contributed by atoms with Gasteiger partial charge in [-0.05, 0) is 12.5 Å². The molecule has 0 spiro atoms. The molecule has 2 aromatic heterocycles. The number of aliphatic hydroxyl groups excluding tert-OH is 1. The van der Waals surface area contributed by atoms with Gasteiger partial charge < -0.3 is 15.1 Å². The minimum atomic E-state index is -0.964. The Hall–Kier alpha value is -1.99. The van der Waals surface area contributed by atoms with Gasteiger partial charge in [0.2, 0.25) is 0 Å². The van der Waals surface area contributed by atoms with Crippen LogP contribution >= 0.6 is 11.3 Å². The number of carbonyl (C=O) groups is 1. The summed E-state index contributed by atoms with van der Waals surface area (Å²) >= 11 is 1.13. The van der Waals surface area contributed by atoms with E-state index in [4.69, 9.17) is 5.11 Å². The SMILES string of the molecule is C=CCN(CCO)c1ncnc2sc(C(=O)O)c(C)c12. The quantitative estimate of drug-likeness (QED) is 0.788. The number of aromatic nitrogens is 2. The third-order valence-electron chi connectivity index (χ3n) is 2.92. The minimum Gasteiger partial charge on any atom is -0.477 e. The fourth-order valence-corrected chi connectivity index (χ4v) is 3.04. The molecular formula is C13H15N3O3S. The van der Waals surface area contributed by atoms with E-state index in [9.17, 15) is 9.90 Å². The van der Waals surface area contributed by atoms with Gasteiger partial charge in [-0.15, -0.1) is 17.9 Å². The highest BCUT2D eigenvalue weighted by Crippen LogP contribution is 2.34. The fraction of sp³-hybridized carbons (Fsp3) is 0.308. The van der Waals surface area contributed by atoms with Gasteiger partial charge in [0.05, 0.1) is 12.0 Å². The molecule has 0 bridgehead atoms. The predicted molar refractivity (Wildman–Crippen MR) is 78.6 cm³/mol. The second-order valence-electron chi connectivity index (χ2n) is 4.20. The van der Waals surface area contributed by atoms with Crippen LogP contribution in [0.25, 0.3) is 10.2 Å². The van der Waals surface area contributed by atoms with Crippen molar-refractivity contribution in [2.45, 2.75) is 6.92 Å². The van der Waals surface area contributed by atoms with Crippen molar-refractivity contribution in [1.29, 1.82) is 0 Å². The van der Waals surface area contributed by atoms with E-state index >= 15 is 0 Å². The molecule has 0 aliphatic heterocycles. The zero-order chi connectivity index (χ0) is 14.7. The molecule has 0 saturated carbocycles. The summed E-state index contributed by atoms with van der Waals surface area (Å²) < 4.78 is 0. The molecule has 0 aliphatic rings. The largest absolute Gasteiger partial charge is 0.477 e. The monoisotopic (exact) mass is 293 g/mol. The normalized spacial score (nSPS) is 10.7. The van der Waals surface area contributed by atoms with E-state index in [1.54, 1.807) is 13.0 Å². The Balaban J connectivity index is 2.63. The highest BCUT2D eigenvalue weighted by atomic mass is 32.1. The van der Waals surface area contributed by atoms with Crippen molar-refractivity contribution < 1.29 is 15.0 Å². The van der Waals surface area contributed by atoms with E-state index in [2.05, 4.69) is 16.5 Å². The highest BCUT2D eigenvalue weighted by molar-refractivity contribution is 7.20. The molecule has 2 N–H and O–H groups in total. The summed E-state index contributed by atoms with van der Waals surface area (Å²) in [5, 5.41) is 19.1. The number of carboxylic acids is 1. The first-order valence-corrected chi connectivity index (χ1v) is 6.85. The van der Waals surface area contributed by atoms with Crippen LogP contribution in [-0.2, 0) is 0 Å². The molecule has 0 atom stereocenters. The summed E-state index contributed by atoms with van der Waals surface area (Å²) in [7, 11) is 0. The zero-order valence-electron chi connectivity index (χ0n) is 11.0. The van der Waals surface area contributed by atoms with Crippen LogP contribution < -0.4 is 4.90 Å². The number of aromatic carboxylic acids is 1. The molecular weight excluding hydrogens is 278 g/mol. The summed E-state index contributed by atoms with van der Waals surface area (Å²) in [6.07, 6.45) is 3.12. The lowest BCUT2D eigenvalue weighted by molar-refractivity contribution is 0.0701. The Kier molecular flexibility index (Phi) is 4.31. The van der Waals surface area contributed by atoms with E-state index in [-0.39, 0.29) is 11.5 Å². The highest BCUT2D eigenvalue weighted by Gasteiger charge is 2.20. The van der Waals surface area contributed by atoms with Gasteiger partial charge in [0.15, 0.2) is 0 Å². The first-order valence-electron chi connectivity index (χ1n) is 6.04. The lowest BCUT2D eigenvalue weighted by Crippen LogP contribution is -2.27. The van der Waals surface area contributed by atoms with Gasteiger partial charge in [-0.2, -0.15) is 0 Å². The lowest BCUT2D eigenvalue weighted by atomic mass is 10.2. The van der Waals surface area contributed by atoms with Crippen molar-refractivity contribution in [3.8, 4) is 0 Å². The van der Waals surface area contributed by atoms with Crippen LogP contribution in [0, 0.1) is 6.92 Å². The number of hydrogen-bond donors (Lipinski definition) is 2. The van der Waals surface area contributed by atoms with Crippen molar-refractivity contribution in [1.82, 2.24) is 9.97 Å². The minimum absolute atomic E-state index is 0.0195. The van der Waals surface area contributed by atoms with Gasteiger partial charge in [-0.25, -0.2) is 14.8 Å². The van der Waals surface area contributed by atoms with Gasteiger partial charge in [0.25, 0.3) is 0 Å². The van der Waals surface area contributed by atoms with Crippen LogP contribution in [0.2, 0.25) is 0 Å². The average molecular weight is 293 g/mol. The van der Waals surface area contributed by atoms with Crippen molar-refractivity contribution >= 4 is 33.3 Å². The van der Waals surface area contributed by atoms with E-state index in [1.165, 1.54) is 6.33 Å². The van der Waals surface area contributed by atoms with Crippen molar-refractivity contribution in [3.05, 3.63) is 29.4 Å². The molecule has 0 fully saturated rings. The average Bonchev–Trinajstić information content (AvgIpc) is 2.76. The third-order valence-corrected chi connectivity index (χ3v) is 4.11. The van der Waals surface area contributed by atoms with Crippen LogP contribution in [0.3, 0.4) is 0 Å². The Morgan fingerprint density at radius 2 is 2.30 bits per heavy atom. The van der Waals surface area contributed by atoms with E-state index in [0.29, 0.717) is 29.3 Å². The number of nitrogens with zero attached hydrogens (tertiary/aromatic N) is 3. The fourth-order valence-electron chi connectivity index (χ4n) is 2.06. The summed E-state index contributed by atoms with van der Waals surface area (Å²) in [6.45, 7) is 6.33. The lowest BCUT2D eigenvalue weighted by Gasteiger charge is -2.21. The molecule has 0 radical (unpaired) electrons. The zero-order valence-corrected chi connectivity index (χ0v) is 11.9. The molecule has 0 aliphatic carbocycles. The molecule has 0 amide bonds.